The number of carbonyl (C=O) groups excluding carboxylic acids is 1. The Bertz CT molecular complexity index is 313. The lowest BCUT2D eigenvalue weighted by atomic mass is 10.4. The molecule has 0 fully saturated rings. The molecule has 0 radical (unpaired) electrons. The molecule has 0 saturated carbocycles. The summed E-state index contributed by atoms with van der Waals surface area (Å²) in [6.07, 6.45) is 1.64. The molecule has 7 nitrogen and oxygen atoms in total. The monoisotopic (exact) mass is 214 g/mol. The Balaban J connectivity index is 2.36. The Morgan fingerprint density at radius 3 is 3.00 bits per heavy atom. The zero-order valence-electron chi connectivity index (χ0n) is 8.18. The quantitative estimate of drug-likeness (QED) is 0.265. The molecule has 0 aromatic carbocycles. The molecule has 84 valence electrons. The number of hydrogen-bond donors (Lipinski definition) is 4. The van der Waals surface area contributed by atoms with Gasteiger partial charge in [0.05, 0.1) is 13.2 Å². The van der Waals surface area contributed by atoms with Crippen molar-refractivity contribution in [2.45, 2.75) is 6.54 Å². The number of rotatable bonds is 6. The maximum atomic E-state index is 10.9. The van der Waals surface area contributed by atoms with E-state index < -0.39 is 5.91 Å². The molecule has 0 saturated heterocycles. The Morgan fingerprint density at radius 1 is 1.53 bits per heavy atom. The van der Waals surface area contributed by atoms with Crippen LogP contribution in [0.25, 0.3) is 0 Å². The van der Waals surface area contributed by atoms with Crippen molar-refractivity contribution in [3.05, 3.63) is 18.0 Å². The van der Waals surface area contributed by atoms with Gasteiger partial charge < -0.3 is 10.4 Å². The van der Waals surface area contributed by atoms with Gasteiger partial charge in [-0.15, -0.1) is 0 Å². The summed E-state index contributed by atoms with van der Waals surface area (Å²) in [4.78, 5) is 10.9. The fraction of sp³-hybridized carbons (Fsp3) is 0.500. The van der Waals surface area contributed by atoms with Gasteiger partial charge in [0.2, 0.25) is 0 Å². The van der Waals surface area contributed by atoms with E-state index >= 15 is 0 Å². The minimum absolute atomic E-state index is 0.0945. The van der Waals surface area contributed by atoms with E-state index in [-0.39, 0.29) is 12.3 Å². The van der Waals surface area contributed by atoms with Gasteiger partial charge in [-0.25, -0.2) is 5.48 Å². The largest absolute Gasteiger partial charge is 0.395 e. The number of aliphatic hydroxyl groups is 1. The van der Waals surface area contributed by atoms with Crippen molar-refractivity contribution in [3.8, 4) is 0 Å². The van der Waals surface area contributed by atoms with Crippen molar-refractivity contribution in [1.29, 1.82) is 0 Å². The van der Waals surface area contributed by atoms with Crippen LogP contribution >= 0.6 is 0 Å². The average Bonchev–Trinajstić information content (AvgIpc) is 2.72. The van der Waals surface area contributed by atoms with E-state index in [4.69, 9.17) is 10.3 Å². The van der Waals surface area contributed by atoms with Crippen LogP contribution in [0, 0.1) is 0 Å². The molecule has 7 heteroatoms. The van der Waals surface area contributed by atoms with Crippen molar-refractivity contribution >= 4 is 5.91 Å². The first kappa shape index (κ1) is 11.6. The molecule has 1 aromatic rings. The van der Waals surface area contributed by atoms with Crippen LogP contribution in [-0.4, -0.2) is 45.7 Å². The topological polar surface area (TPSA) is 99.4 Å². The normalized spacial score (nSPS) is 10.3. The third-order valence-electron chi connectivity index (χ3n) is 1.78. The van der Waals surface area contributed by atoms with Gasteiger partial charge in [0.25, 0.3) is 5.91 Å². The highest BCUT2D eigenvalue weighted by Crippen LogP contribution is 1.94. The van der Waals surface area contributed by atoms with Crippen LogP contribution in [0.5, 0.6) is 0 Å². The van der Waals surface area contributed by atoms with Crippen molar-refractivity contribution in [1.82, 2.24) is 20.6 Å². The number of amides is 1. The minimum Gasteiger partial charge on any atom is -0.395 e. The molecule has 0 aliphatic heterocycles. The molecule has 1 amide bonds. The maximum absolute atomic E-state index is 10.9. The second kappa shape index (κ2) is 6.12. The molecular formula is C8H14N4O3. The maximum Gasteiger partial charge on any atom is 0.295 e. The predicted octanol–water partition coefficient (Wildman–Crippen LogP) is -1.42. The Kier molecular flexibility index (Phi) is 4.75. The second-order valence-electron chi connectivity index (χ2n) is 2.88. The van der Waals surface area contributed by atoms with Gasteiger partial charge in [-0.1, -0.05) is 0 Å². The Hall–Kier alpha value is -1.44. The van der Waals surface area contributed by atoms with E-state index in [1.807, 2.05) is 0 Å². The standard InChI is InChI=1S/C8H14N4O3/c13-6-3-9-2-5-12-4-1-7(10-12)8(14)11-15/h1,4,9,13,15H,2-3,5-6H2,(H,11,14). The van der Waals surface area contributed by atoms with Crippen LogP contribution in [0.15, 0.2) is 12.3 Å². The number of carbonyl (C=O) groups is 1. The van der Waals surface area contributed by atoms with Crippen LogP contribution in [0.4, 0.5) is 0 Å². The lowest BCUT2D eigenvalue weighted by Crippen LogP contribution is -2.24. The van der Waals surface area contributed by atoms with Crippen LogP contribution in [0.3, 0.4) is 0 Å². The summed E-state index contributed by atoms with van der Waals surface area (Å²) in [5.74, 6) is -0.628. The number of hydroxylamine groups is 1. The summed E-state index contributed by atoms with van der Waals surface area (Å²) in [6, 6.07) is 1.51. The average molecular weight is 214 g/mol. The SMILES string of the molecule is O=C(NO)c1ccn(CCNCCO)n1. The smallest absolute Gasteiger partial charge is 0.295 e. The molecule has 1 rings (SSSR count). The van der Waals surface area contributed by atoms with Crippen LogP contribution in [-0.2, 0) is 6.54 Å². The van der Waals surface area contributed by atoms with Crippen LogP contribution in [0.2, 0.25) is 0 Å². The summed E-state index contributed by atoms with van der Waals surface area (Å²) in [5, 5.41) is 23.8. The molecule has 0 unspecified atom stereocenters. The van der Waals surface area contributed by atoms with Gasteiger partial charge in [-0.05, 0) is 6.07 Å². The molecule has 0 aliphatic rings. The Morgan fingerprint density at radius 2 is 2.33 bits per heavy atom. The number of nitrogens with zero attached hydrogens (tertiary/aromatic N) is 2. The van der Waals surface area contributed by atoms with E-state index in [9.17, 15) is 4.79 Å². The number of hydrogen-bond acceptors (Lipinski definition) is 5. The third-order valence-corrected chi connectivity index (χ3v) is 1.78. The van der Waals surface area contributed by atoms with Crippen molar-refractivity contribution in [2.75, 3.05) is 19.7 Å². The van der Waals surface area contributed by atoms with Gasteiger partial charge in [0, 0.05) is 19.3 Å². The summed E-state index contributed by atoms with van der Waals surface area (Å²) < 4.78 is 1.58. The number of nitrogens with one attached hydrogen (secondary N) is 2. The first-order valence-corrected chi connectivity index (χ1v) is 4.57. The summed E-state index contributed by atoms with van der Waals surface area (Å²) in [6.45, 7) is 1.88. The molecule has 0 spiro atoms. The summed E-state index contributed by atoms with van der Waals surface area (Å²) >= 11 is 0. The van der Waals surface area contributed by atoms with Gasteiger partial charge >= 0.3 is 0 Å². The molecular weight excluding hydrogens is 200 g/mol. The van der Waals surface area contributed by atoms with Crippen molar-refractivity contribution < 1.29 is 15.1 Å². The van der Waals surface area contributed by atoms with Gasteiger partial charge in [0.1, 0.15) is 0 Å². The molecule has 1 aromatic heterocycles. The zero-order chi connectivity index (χ0) is 11.1. The van der Waals surface area contributed by atoms with E-state index in [0.717, 1.165) is 0 Å². The molecule has 4 N–H and O–H groups in total. The molecule has 15 heavy (non-hydrogen) atoms. The van der Waals surface area contributed by atoms with E-state index in [0.29, 0.717) is 19.6 Å². The molecule has 0 aliphatic carbocycles. The van der Waals surface area contributed by atoms with Gasteiger partial charge in [-0.3, -0.25) is 14.7 Å². The lowest BCUT2D eigenvalue weighted by Gasteiger charge is -2.02. The summed E-state index contributed by atoms with van der Waals surface area (Å²) in [5.41, 5.74) is 1.67. The minimum atomic E-state index is -0.628. The highest BCUT2D eigenvalue weighted by Gasteiger charge is 2.06. The lowest BCUT2D eigenvalue weighted by molar-refractivity contribution is 0.0700. The van der Waals surface area contributed by atoms with E-state index in [1.165, 1.54) is 11.5 Å². The number of aliphatic hydroxyl groups excluding tert-OH is 1. The number of aromatic nitrogens is 2. The first-order chi connectivity index (χ1) is 7.27. The van der Waals surface area contributed by atoms with Crippen molar-refractivity contribution in [3.63, 3.8) is 0 Å². The van der Waals surface area contributed by atoms with Crippen LogP contribution in [0.1, 0.15) is 10.5 Å². The highest BCUT2D eigenvalue weighted by molar-refractivity contribution is 5.91. The molecule has 0 atom stereocenters. The van der Waals surface area contributed by atoms with Crippen LogP contribution < -0.4 is 10.8 Å². The van der Waals surface area contributed by atoms with Gasteiger partial charge in [-0.2, -0.15) is 5.10 Å². The predicted molar refractivity (Wildman–Crippen MR) is 51.4 cm³/mol. The van der Waals surface area contributed by atoms with Crippen molar-refractivity contribution in [2.24, 2.45) is 0 Å². The van der Waals surface area contributed by atoms with E-state index in [2.05, 4.69) is 10.4 Å². The fourth-order valence-electron chi connectivity index (χ4n) is 1.06. The Labute approximate surface area is 86.7 Å². The fourth-order valence-corrected chi connectivity index (χ4v) is 1.06. The third kappa shape index (κ3) is 3.66. The first-order valence-electron chi connectivity index (χ1n) is 4.57. The van der Waals surface area contributed by atoms with E-state index in [1.54, 1.807) is 10.9 Å². The second-order valence-corrected chi connectivity index (χ2v) is 2.88. The van der Waals surface area contributed by atoms with Gasteiger partial charge in [0.15, 0.2) is 5.69 Å². The molecule has 1 heterocycles. The zero-order valence-corrected chi connectivity index (χ0v) is 8.18. The highest BCUT2D eigenvalue weighted by atomic mass is 16.5. The molecule has 0 bridgehead atoms. The summed E-state index contributed by atoms with van der Waals surface area (Å²) in [7, 11) is 0.